The predicted octanol–water partition coefficient (Wildman–Crippen LogP) is 2.01. The van der Waals surface area contributed by atoms with Gasteiger partial charge in [-0.25, -0.2) is 8.78 Å². The molecule has 2 N–H and O–H groups in total. The summed E-state index contributed by atoms with van der Waals surface area (Å²) >= 11 is 0. The van der Waals surface area contributed by atoms with E-state index < -0.39 is 17.2 Å². The molecule has 0 saturated carbocycles. The molecule has 2 aromatic carbocycles. The highest BCUT2D eigenvalue weighted by atomic mass is 19.1. The molecule has 0 saturated heterocycles. The number of hydrogen-bond donors (Lipinski definition) is 2. The Kier molecular flexibility index (Phi) is 3.87. The Labute approximate surface area is 126 Å². The molecule has 3 rings (SSSR count). The molecule has 0 amide bonds. The number of hydrogen-bond acceptors (Lipinski definition) is 4. The highest BCUT2D eigenvalue weighted by molar-refractivity contribution is 5.55. The number of rotatable bonds is 4. The number of halogens is 2. The summed E-state index contributed by atoms with van der Waals surface area (Å²) in [7, 11) is 0. The second kappa shape index (κ2) is 5.82. The van der Waals surface area contributed by atoms with Crippen molar-refractivity contribution in [1.29, 1.82) is 0 Å². The van der Waals surface area contributed by atoms with Crippen molar-refractivity contribution >= 4 is 6.34 Å². The first kappa shape index (κ1) is 14.6. The molecule has 22 heavy (non-hydrogen) atoms. The van der Waals surface area contributed by atoms with E-state index in [1.54, 1.807) is 29.3 Å². The van der Waals surface area contributed by atoms with Gasteiger partial charge in [0.2, 0.25) is 0 Å². The van der Waals surface area contributed by atoms with Gasteiger partial charge in [0.15, 0.2) is 0 Å². The molecule has 0 spiro atoms. The predicted molar refractivity (Wildman–Crippen MR) is 79.0 cm³/mol. The van der Waals surface area contributed by atoms with E-state index in [1.807, 2.05) is 6.07 Å². The summed E-state index contributed by atoms with van der Waals surface area (Å²) in [5, 5.41) is 12.8. The Balaban J connectivity index is 2.05. The van der Waals surface area contributed by atoms with Crippen LogP contribution >= 0.6 is 0 Å². The van der Waals surface area contributed by atoms with Crippen LogP contribution in [0.4, 0.5) is 8.78 Å². The Bertz CT molecular complexity index is 685. The summed E-state index contributed by atoms with van der Waals surface area (Å²) in [6.07, 6.45) is 1.51. The standard InChI is InChI=1S/C16H15F2N3O/c17-13-6-7-14(15(18)8-13)16(22,9-21-11-19-10-20-21)12-4-2-1-3-5-12/h1-8,10,22H,9,11H2,(H,19,20). The number of nitrogens with zero attached hydrogens (tertiary/aromatic N) is 2. The first-order valence-corrected chi connectivity index (χ1v) is 6.82. The van der Waals surface area contributed by atoms with Crippen LogP contribution in [-0.2, 0) is 5.60 Å². The van der Waals surface area contributed by atoms with Crippen molar-refractivity contribution in [2.24, 2.45) is 4.99 Å². The van der Waals surface area contributed by atoms with Crippen LogP contribution in [0.25, 0.3) is 0 Å². The maximum Gasteiger partial charge on any atom is 0.132 e. The van der Waals surface area contributed by atoms with Crippen LogP contribution in [0.1, 0.15) is 11.1 Å². The fourth-order valence-corrected chi connectivity index (χ4v) is 2.55. The zero-order chi connectivity index (χ0) is 15.6. The molecule has 0 bridgehead atoms. The molecule has 1 unspecified atom stereocenters. The Morgan fingerprint density at radius 3 is 2.59 bits per heavy atom. The highest BCUT2D eigenvalue weighted by Gasteiger charge is 2.36. The summed E-state index contributed by atoms with van der Waals surface area (Å²) in [6.45, 7) is 0.414. The van der Waals surface area contributed by atoms with E-state index in [9.17, 15) is 13.9 Å². The molecule has 1 atom stereocenters. The molecule has 1 aliphatic heterocycles. The van der Waals surface area contributed by atoms with Gasteiger partial charge in [-0.15, -0.1) is 0 Å². The SMILES string of the molecule is OC(CN1CN=CN1)(c1ccccc1)c1ccc(F)cc1F. The monoisotopic (exact) mass is 303 g/mol. The molecule has 2 aromatic rings. The van der Waals surface area contributed by atoms with Gasteiger partial charge in [0.1, 0.15) is 23.9 Å². The molecule has 114 valence electrons. The highest BCUT2D eigenvalue weighted by Crippen LogP contribution is 2.32. The van der Waals surface area contributed by atoms with Gasteiger partial charge in [-0.2, -0.15) is 5.01 Å². The van der Waals surface area contributed by atoms with Crippen LogP contribution in [0.15, 0.2) is 53.5 Å². The van der Waals surface area contributed by atoms with Crippen LogP contribution in [0.2, 0.25) is 0 Å². The molecule has 1 aliphatic rings. The molecule has 1 heterocycles. The van der Waals surface area contributed by atoms with E-state index in [0.717, 1.165) is 12.1 Å². The van der Waals surface area contributed by atoms with Crippen LogP contribution < -0.4 is 5.43 Å². The van der Waals surface area contributed by atoms with Gasteiger partial charge in [-0.05, 0) is 17.7 Å². The number of aliphatic hydroxyl groups is 1. The van der Waals surface area contributed by atoms with Crippen LogP contribution in [0.3, 0.4) is 0 Å². The van der Waals surface area contributed by atoms with Gasteiger partial charge < -0.3 is 10.5 Å². The summed E-state index contributed by atoms with van der Waals surface area (Å²) in [5.41, 5.74) is 1.79. The average molecular weight is 303 g/mol. The van der Waals surface area contributed by atoms with Gasteiger partial charge in [-0.1, -0.05) is 30.3 Å². The molecular weight excluding hydrogens is 288 g/mol. The van der Waals surface area contributed by atoms with Crippen molar-refractivity contribution in [3.8, 4) is 0 Å². The van der Waals surface area contributed by atoms with Gasteiger partial charge in [-0.3, -0.25) is 4.99 Å². The fraction of sp³-hybridized carbons (Fsp3) is 0.188. The summed E-state index contributed by atoms with van der Waals surface area (Å²) in [6, 6.07) is 11.9. The van der Waals surface area contributed by atoms with Crippen LogP contribution in [0.5, 0.6) is 0 Å². The van der Waals surface area contributed by atoms with E-state index in [4.69, 9.17) is 0 Å². The fourth-order valence-electron chi connectivity index (χ4n) is 2.55. The lowest BCUT2D eigenvalue weighted by atomic mass is 9.85. The minimum absolute atomic E-state index is 0.0220. The quantitative estimate of drug-likeness (QED) is 0.908. The largest absolute Gasteiger partial charge is 0.379 e. The Hall–Kier alpha value is -2.31. The number of benzene rings is 2. The minimum Gasteiger partial charge on any atom is -0.379 e. The third-order valence-corrected chi connectivity index (χ3v) is 3.63. The number of β-amino-alcohol motifs (C(OH)–C–C–N with tert-alkyl or cyclic N) is 1. The molecule has 0 aliphatic carbocycles. The Morgan fingerprint density at radius 1 is 1.18 bits per heavy atom. The van der Waals surface area contributed by atoms with E-state index in [-0.39, 0.29) is 12.1 Å². The molecule has 0 aromatic heterocycles. The van der Waals surface area contributed by atoms with E-state index in [2.05, 4.69) is 10.4 Å². The average Bonchev–Trinajstić information content (AvgIpc) is 3.00. The third kappa shape index (κ3) is 2.70. The number of aliphatic imine (C=N–C) groups is 1. The lowest BCUT2D eigenvalue weighted by Crippen LogP contribution is -2.45. The zero-order valence-corrected chi connectivity index (χ0v) is 11.7. The van der Waals surface area contributed by atoms with E-state index in [1.165, 1.54) is 12.4 Å². The van der Waals surface area contributed by atoms with Crippen molar-refractivity contribution in [2.45, 2.75) is 5.60 Å². The van der Waals surface area contributed by atoms with Crippen molar-refractivity contribution in [3.05, 3.63) is 71.3 Å². The number of hydrazine groups is 1. The molecule has 0 fully saturated rings. The van der Waals surface area contributed by atoms with Crippen molar-refractivity contribution < 1.29 is 13.9 Å². The zero-order valence-electron chi connectivity index (χ0n) is 11.7. The van der Waals surface area contributed by atoms with Crippen LogP contribution in [-0.4, -0.2) is 29.7 Å². The maximum atomic E-state index is 14.2. The second-order valence-corrected chi connectivity index (χ2v) is 5.13. The summed E-state index contributed by atoms with van der Waals surface area (Å²) in [4.78, 5) is 4.00. The summed E-state index contributed by atoms with van der Waals surface area (Å²) in [5.74, 6) is -1.47. The second-order valence-electron chi connectivity index (χ2n) is 5.13. The molecule has 0 radical (unpaired) electrons. The smallest absolute Gasteiger partial charge is 0.132 e. The van der Waals surface area contributed by atoms with Crippen molar-refractivity contribution in [2.75, 3.05) is 13.2 Å². The minimum atomic E-state index is -1.63. The van der Waals surface area contributed by atoms with Gasteiger partial charge in [0.05, 0.1) is 12.9 Å². The van der Waals surface area contributed by atoms with Gasteiger partial charge in [0.25, 0.3) is 0 Å². The van der Waals surface area contributed by atoms with E-state index >= 15 is 0 Å². The maximum absolute atomic E-state index is 14.2. The molecular formula is C16H15F2N3O. The van der Waals surface area contributed by atoms with Crippen molar-refractivity contribution in [3.63, 3.8) is 0 Å². The first-order chi connectivity index (χ1) is 10.6. The van der Waals surface area contributed by atoms with Gasteiger partial charge >= 0.3 is 0 Å². The topological polar surface area (TPSA) is 47.9 Å². The third-order valence-electron chi connectivity index (χ3n) is 3.63. The normalized spacial score (nSPS) is 17.2. The van der Waals surface area contributed by atoms with E-state index in [0.29, 0.717) is 12.2 Å². The van der Waals surface area contributed by atoms with Crippen molar-refractivity contribution in [1.82, 2.24) is 10.4 Å². The molecule has 6 heteroatoms. The van der Waals surface area contributed by atoms with Crippen LogP contribution in [0, 0.1) is 11.6 Å². The van der Waals surface area contributed by atoms with Gasteiger partial charge in [0, 0.05) is 11.6 Å². The first-order valence-electron chi connectivity index (χ1n) is 6.82. The Morgan fingerprint density at radius 2 is 1.95 bits per heavy atom. The number of nitrogens with one attached hydrogen (secondary N) is 1. The summed E-state index contributed by atoms with van der Waals surface area (Å²) < 4.78 is 27.4. The lowest BCUT2D eigenvalue weighted by Gasteiger charge is -2.33. The molecule has 4 nitrogen and oxygen atoms in total. The lowest BCUT2D eigenvalue weighted by molar-refractivity contribution is 0.0283.